The van der Waals surface area contributed by atoms with E-state index in [1.54, 1.807) is 24.3 Å². The topological polar surface area (TPSA) is 101 Å². The molecule has 2 aliphatic heterocycles. The molecule has 0 unspecified atom stereocenters. The highest BCUT2D eigenvalue weighted by molar-refractivity contribution is 5.93. The zero-order chi connectivity index (χ0) is 17.2. The number of carbonyl (C=O) groups excluding carboxylic acids is 2. The predicted octanol–water partition coefficient (Wildman–Crippen LogP) is 1.50. The minimum atomic E-state index is -0.373. The summed E-state index contributed by atoms with van der Waals surface area (Å²) in [5.74, 6) is 1.73. The van der Waals surface area contributed by atoms with Crippen molar-refractivity contribution in [1.82, 2.24) is 20.1 Å². The van der Waals surface area contributed by atoms with Gasteiger partial charge in [0.2, 0.25) is 0 Å². The third-order valence-electron chi connectivity index (χ3n) is 4.27. The summed E-state index contributed by atoms with van der Waals surface area (Å²) in [7, 11) is 0. The van der Waals surface area contributed by atoms with Gasteiger partial charge in [-0.1, -0.05) is 6.07 Å². The summed E-state index contributed by atoms with van der Waals surface area (Å²) >= 11 is 0. The van der Waals surface area contributed by atoms with E-state index < -0.39 is 0 Å². The summed E-state index contributed by atoms with van der Waals surface area (Å²) in [6.07, 6.45) is 1.63. The summed E-state index contributed by atoms with van der Waals surface area (Å²) < 4.78 is 6.97. The van der Waals surface area contributed by atoms with Crippen molar-refractivity contribution in [2.24, 2.45) is 0 Å². The maximum absolute atomic E-state index is 12.1. The standard InChI is InChI=1S/C16H18N6O3/c23-15(17-10-14-20-19-13-5-2-6-22(13)14)18-11-3-1-4-12(9-11)21-7-8-25-16(21)24/h1,3-4,9H,2,5-8,10H2,(H2,17,18,23). The summed E-state index contributed by atoms with van der Waals surface area (Å²) in [5, 5.41) is 13.8. The van der Waals surface area contributed by atoms with Gasteiger partial charge in [-0.25, -0.2) is 9.59 Å². The summed E-state index contributed by atoms with van der Waals surface area (Å²) in [5.41, 5.74) is 1.29. The average molecular weight is 342 g/mol. The van der Waals surface area contributed by atoms with Crippen LogP contribution in [0.25, 0.3) is 0 Å². The van der Waals surface area contributed by atoms with Gasteiger partial charge in [0.1, 0.15) is 12.4 Å². The van der Waals surface area contributed by atoms with Gasteiger partial charge in [0.05, 0.1) is 13.1 Å². The molecule has 130 valence electrons. The van der Waals surface area contributed by atoms with E-state index >= 15 is 0 Å². The van der Waals surface area contributed by atoms with Crippen LogP contribution in [0.2, 0.25) is 0 Å². The molecule has 1 aromatic carbocycles. The summed E-state index contributed by atoms with van der Waals surface area (Å²) in [6.45, 7) is 2.10. The second-order valence-electron chi connectivity index (χ2n) is 5.91. The largest absolute Gasteiger partial charge is 0.447 e. The first-order valence-corrected chi connectivity index (χ1v) is 8.21. The Bertz CT molecular complexity index is 818. The average Bonchev–Trinajstić information content (AvgIpc) is 3.30. The van der Waals surface area contributed by atoms with Crippen LogP contribution in [0.1, 0.15) is 18.1 Å². The molecule has 9 nitrogen and oxygen atoms in total. The molecule has 1 aromatic heterocycles. The molecule has 9 heteroatoms. The highest BCUT2D eigenvalue weighted by atomic mass is 16.6. The zero-order valence-electron chi connectivity index (χ0n) is 13.6. The first-order valence-electron chi connectivity index (χ1n) is 8.21. The first kappa shape index (κ1) is 15.4. The number of amides is 3. The SMILES string of the molecule is O=C(NCc1nnc2n1CCC2)Nc1cccc(N2CCOC2=O)c1. The number of cyclic esters (lactones) is 1. The van der Waals surface area contributed by atoms with Crippen molar-refractivity contribution in [2.75, 3.05) is 23.4 Å². The quantitative estimate of drug-likeness (QED) is 0.877. The third kappa shape index (κ3) is 3.12. The molecule has 3 amide bonds. The number of hydrogen-bond acceptors (Lipinski definition) is 5. The summed E-state index contributed by atoms with van der Waals surface area (Å²) in [4.78, 5) is 25.3. The Hall–Kier alpha value is -3.10. The minimum absolute atomic E-state index is 0.316. The lowest BCUT2D eigenvalue weighted by molar-refractivity contribution is 0.181. The van der Waals surface area contributed by atoms with Crippen molar-refractivity contribution in [1.29, 1.82) is 0 Å². The molecule has 4 rings (SSSR count). The van der Waals surface area contributed by atoms with E-state index in [1.807, 2.05) is 4.57 Å². The van der Waals surface area contributed by atoms with Gasteiger partial charge in [-0.3, -0.25) is 4.90 Å². The van der Waals surface area contributed by atoms with Gasteiger partial charge < -0.3 is 19.9 Å². The lowest BCUT2D eigenvalue weighted by Gasteiger charge is -2.14. The lowest BCUT2D eigenvalue weighted by Crippen LogP contribution is -2.29. The summed E-state index contributed by atoms with van der Waals surface area (Å²) in [6, 6.07) is 6.74. The number of aromatic nitrogens is 3. The van der Waals surface area contributed by atoms with Gasteiger partial charge in [0, 0.05) is 24.3 Å². The van der Waals surface area contributed by atoms with E-state index in [0.29, 0.717) is 31.1 Å². The van der Waals surface area contributed by atoms with E-state index in [-0.39, 0.29) is 12.1 Å². The maximum Gasteiger partial charge on any atom is 0.414 e. The van der Waals surface area contributed by atoms with Crippen LogP contribution in [0, 0.1) is 0 Å². The van der Waals surface area contributed by atoms with Gasteiger partial charge in [-0.05, 0) is 24.6 Å². The number of nitrogens with one attached hydrogen (secondary N) is 2. The molecule has 0 bridgehead atoms. The lowest BCUT2D eigenvalue weighted by atomic mass is 10.2. The van der Waals surface area contributed by atoms with Crippen LogP contribution in [0.15, 0.2) is 24.3 Å². The highest BCUT2D eigenvalue weighted by Gasteiger charge is 2.23. The molecule has 25 heavy (non-hydrogen) atoms. The number of carbonyl (C=O) groups is 2. The number of urea groups is 1. The predicted molar refractivity (Wildman–Crippen MR) is 89.3 cm³/mol. The zero-order valence-corrected chi connectivity index (χ0v) is 13.6. The number of nitrogens with zero attached hydrogens (tertiary/aromatic N) is 4. The molecule has 3 heterocycles. The number of anilines is 2. The van der Waals surface area contributed by atoms with Gasteiger partial charge >= 0.3 is 12.1 Å². The van der Waals surface area contributed by atoms with E-state index in [4.69, 9.17) is 4.74 Å². The second-order valence-corrected chi connectivity index (χ2v) is 5.91. The van der Waals surface area contributed by atoms with Gasteiger partial charge in [0.25, 0.3) is 0 Å². The Morgan fingerprint density at radius 3 is 3.04 bits per heavy atom. The van der Waals surface area contributed by atoms with Gasteiger partial charge in [-0.15, -0.1) is 10.2 Å². The third-order valence-corrected chi connectivity index (χ3v) is 4.27. The van der Waals surface area contributed by atoms with E-state index in [9.17, 15) is 9.59 Å². The Balaban J connectivity index is 1.37. The number of fused-ring (bicyclic) bond motifs is 1. The van der Waals surface area contributed by atoms with Crippen molar-refractivity contribution < 1.29 is 14.3 Å². The molecular formula is C16H18N6O3. The molecule has 0 saturated carbocycles. The van der Waals surface area contributed by atoms with E-state index in [1.165, 1.54) is 4.90 Å². The Morgan fingerprint density at radius 1 is 1.28 bits per heavy atom. The number of rotatable bonds is 4. The molecule has 2 aliphatic rings. The number of ether oxygens (including phenoxy) is 1. The van der Waals surface area contributed by atoms with Crippen LogP contribution in [0.4, 0.5) is 21.0 Å². The molecule has 0 aliphatic carbocycles. The fraction of sp³-hybridized carbons (Fsp3) is 0.375. The van der Waals surface area contributed by atoms with Crippen molar-refractivity contribution in [3.8, 4) is 0 Å². The van der Waals surface area contributed by atoms with Crippen LogP contribution in [-0.2, 0) is 24.2 Å². The first-order chi connectivity index (χ1) is 12.2. The molecule has 1 fully saturated rings. The van der Waals surface area contributed by atoms with Crippen LogP contribution >= 0.6 is 0 Å². The normalized spacial score (nSPS) is 15.8. The molecular weight excluding hydrogens is 324 g/mol. The Kier molecular flexibility index (Phi) is 3.96. The minimum Gasteiger partial charge on any atom is -0.447 e. The van der Waals surface area contributed by atoms with E-state index in [0.717, 1.165) is 31.0 Å². The van der Waals surface area contributed by atoms with Crippen LogP contribution in [0.3, 0.4) is 0 Å². The van der Waals surface area contributed by atoms with Crippen LogP contribution in [-0.4, -0.2) is 40.0 Å². The highest BCUT2D eigenvalue weighted by Crippen LogP contribution is 2.22. The second kappa shape index (κ2) is 6.42. The molecule has 2 aromatic rings. The molecule has 0 spiro atoms. The monoisotopic (exact) mass is 342 g/mol. The van der Waals surface area contributed by atoms with Gasteiger partial charge in [0.15, 0.2) is 5.82 Å². The number of aryl methyl sites for hydroxylation is 1. The van der Waals surface area contributed by atoms with E-state index in [2.05, 4.69) is 20.8 Å². The van der Waals surface area contributed by atoms with Crippen LogP contribution in [0.5, 0.6) is 0 Å². The van der Waals surface area contributed by atoms with Crippen molar-refractivity contribution in [3.05, 3.63) is 35.9 Å². The smallest absolute Gasteiger partial charge is 0.414 e. The molecule has 0 atom stereocenters. The Morgan fingerprint density at radius 2 is 2.20 bits per heavy atom. The van der Waals surface area contributed by atoms with Crippen molar-refractivity contribution >= 4 is 23.5 Å². The Labute approximate surface area is 144 Å². The molecule has 0 radical (unpaired) electrons. The van der Waals surface area contributed by atoms with Crippen LogP contribution < -0.4 is 15.5 Å². The number of hydrogen-bond donors (Lipinski definition) is 2. The molecule has 2 N–H and O–H groups in total. The number of benzene rings is 1. The fourth-order valence-electron chi connectivity index (χ4n) is 3.06. The maximum atomic E-state index is 12.1. The van der Waals surface area contributed by atoms with Crippen molar-refractivity contribution in [3.63, 3.8) is 0 Å². The fourth-order valence-corrected chi connectivity index (χ4v) is 3.06. The molecule has 1 saturated heterocycles. The van der Waals surface area contributed by atoms with Crippen molar-refractivity contribution in [2.45, 2.75) is 25.9 Å². The van der Waals surface area contributed by atoms with Gasteiger partial charge in [-0.2, -0.15) is 0 Å².